The molecule has 1 atom stereocenters. The molecule has 32 heavy (non-hydrogen) atoms. The van der Waals surface area contributed by atoms with Gasteiger partial charge in [0.15, 0.2) is 0 Å². The van der Waals surface area contributed by atoms with Crippen LogP contribution >= 0.6 is 22.9 Å². The maximum absolute atomic E-state index is 13.2. The summed E-state index contributed by atoms with van der Waals surface area (Å²) in [5.74, 6) is -1.29. The zero-order chi connectivity index (χ0) is 23.0. The predicted molar refractivity (Wildman–Crippen MR) is 125 cm³/mol. The summed E-state index contributed by atoms with van der Waals surface area (Å²) < 4.78 is 10.7. The van der Waals surface area contributed by atoms with Crippen molar-refractivity contribution in [3.05, 3.63) is 80.5 Å². The van der Waals surface area contributed by atoms with Gasteiger partial charge in [-0.15, -0.1) is 11.3 Å². The Morgan fingerprint density at radius 1 is 1.06 bits per heavy atom. The first-order chi connectivity index (χ1) is 15.4. The van der Waals surface area contributed by atoms with Crippen molar-refractivity contribution in [1.82, 2.24) is 0 Å². The molecule has 1 amide bonds. The van der Waals surface area contributed by atoms with Crippen LogP contribution in [0.2, 0.25) is 5.02 Å². The molecule has 1 aromatic heterocycles. The highest BCUT2D eigenvalue weighted by atomic mass is 35.5. The number of methoxy groups -OCH3 is 2. The molecule has 0 radical (unpaired) electrons. The van der Waals surface area contributed by atoms with E-state index < -0.39 is 17.7 Å². The lowest BCUT2D eigenvalue weighted by Gasteiger charge is -2.25. The van der Waals surface area contributed by atoms with Crippen molar-refractivity contribution in [2.45, 2.75) is 13.0 Å². The molecule has 8 heteroatoms. The number of nitrogens with zero attached hydrogens (tertiary/aromatic N) is 1. The topological polar surface area (TPSA) is 76.1 Å². The second-order valence-electron chi connectivity index (χ2n) is 7.16. The predicted octanol–water partition coefficient (Wildman–Crippen LogP) is 5.35. The van der Waals surface area contributed by atoms with E-state index in [9.17, 15) is 14.7 Å². The number of Topliss-reactive ketones (excluding diaryl/α,β-unsaturated/α-hetero) is 1. The average molecular weight is 470 g/mol. The molecule has 1 aliphatic heterocycles. The third-order valence-electron chi connectivity index (χ3n) is 5.36. The second-order valence-corrected chi connectivity index (χ2v) is 8.54. The molecule has 2 heterocycles. The maximum atomic E-state index is 13.2. The van der Waals surface area contributed by atoms with Crippen molar-refractivity contribution in [1.29, 1.82) is 0 Å². The Bertz CT molecular complexity index is 1240. The van der Waals surface area contributed by atoms with E-state index in [4.69, 9.17) is 21.1 Å². The van der Waals surface area contributed by atoms with Crippen LogP contribution in [0.3, 0.4) is 0 Å². The van der Waals surface area contributed by atoms with Gasteiger partial charge in [0, 0.05) is 16.6 Å². The average Bonchev–Trinajstić information content (AvgIpc) is 3.40. The zero-order valence-corrected chi connectivity index (χ0v) is 19.2. The summed E-state index contributed by atoms with van der Waals surface area (Å²) in [6.45, 7) is 1.87. The minimum atomic E-state index is -0.789. The van der Waals surface area contributed by atoms with Gasteiger partial charge in [-0.25, -0.2) is 0 Å². The van der Waals surface area contributed by atoms with Gasteiger partial charge in [0.25, 0.3) is 11.7 Å². The molecule has 6 nitrogen and oxygen atoms in total. The van der Waals surface area contributed by atoms with Crippen LogP contribution in [0.25, 0.3) is 5.76 Å². The van der Waals surface area contributed by atoms with Crippen LogP contribution in [0, 0.1) is 6.92 Å². The summed E-state index contributed by atoms with van der Waals surface area (Å²) in [6, 6.07) is 13.2. The van der Waals surface area contributed by atoms with Gasteiger partial charge >= 0.3 is 0 Å². The number of para-hydroxylation sites is 1. The van der Waals surface area contributed by atoms with E-state index in [1.54, 1.807) is 12.1 Å². The summed E-state index contributed by atoms with van der Waals surface area (Å²) in [6.07, 6.45) is 0. The highest BCUT2D eigenvalue weighted by Gasteiger charge is 2.48. The van der Waals surface area contributed by atoms with Gasteiger partial charge in [-0.3, -0.25) is 14.5 Å². The number of ether oxygens (including phenoxy) is 2. The Morgan fingerprint density at radius 3 is 2.41 bits per heavy atom. The number of aliphatic hydroxyl groups is 1. The highest BCUT2D eigenvalue weighted by Crippen LogP contribution is 2.46. The fourth-order valence-corrected chi connectivity index (χ4v) is 4.88. The minimum Gasteiger partial charge on any atom is -0.507 e. The minimum absolute atomic E-state index is 0.0246. The first-order valence-corrected chi connectivity index (χ1v) is 11.0. The molecule has 1 fully saturated rings. The smallest absolute Gasteiger partial charge is 0.300 e. The number of amides is 1. The number of ketones is 1. The summed E-state index contributed by atoms with van der Waals surface area (Å²) in [7, 11) is 2.87. The lowest BCUT2D eigenvalue weighted by Crippen LogP contribution is -2.29. The van der Waals surface area contributed by atoms with Crippen molar-refractivity contribution < 1.29 is 24.2 Å². The van der Waals surface area contributed by atoms with Gasteiger partial charge in [-0.1, -0.05) is 35.9 Å². The van der Waals surface area contributed by atoms with Crippen LogP contribution < -0.4 is 14.4 Å². The number of thiophene rings is 1. The first kappa shape index (κ1) is 21.9. The molecule has 4 rings (SSSR count). The number of anilines is 1. The Balaban J connectivity index is 1.99. The molecule has 2 aromatic carbocycles. The summed E-state index contributed by atoms with van der Waals surface area (Å²) in [5, 5.41) is 13.5. The third-order valence-corrected chi connectivity index (χ3v) is 6.58. The van der Waals surface area contributed by atoms with Gasteiger partial charge in [-0.05, 0) is 36.1 Å². The first-order valence-electron chi connectivity index (χ1n) is 9.71. The fourth-order valence-electron chi connectivity index (χ4n) is 3.82. The maximum Gasteiger partial charge on any atom is 0.300 e. The quantitative estimate of drug-likeness (QED) is 0.309. The van der Waals surface area contributed by atoms with Crippen LogP contribution in [0.15, 0.2) is 59.5 Å². The van der Waals surface area contributed by atoms with E-state index in [1.165, 1.54) is 42.6 Å². The molecule has 0 saturated carbocycles. The van der Waals surface area contributed by atoms with Crippen LogP contribution in [0.4, 0.5) is 5.69 Å². The molecule has 1 saturated heterocycles. The number of hydrogen-bond acceptors (Lipinski definition) is 6. The fraction of sp³-hybridized carbons (Fsp3) is 0.167. The lowest BCUT2D eigenvalue weighted by molar-refractivity contribution is -0.132. The number of carbonyl (C=O) groups excluding carboxylic acids is 2. The number of aliphatic hydroxyl groups excluding tert-OH is 1. The molecule has 0 bridgehead atoms. The lowest BCUT2D eigenvalue weighted by atomic mass is 9.98. The Hall–Kier alpha value is -3.29. The molecule has 1 aliphatic rings. The highest BCUT2D eigenvalue weighted by molar-refractivity contribution is 7.10. The van der Waals surface area contributed by atoms with Crippen LogP contribution in [0.5, 0.6) is 11.5 Å². The largest absolute Gasteiger partial charge is 0.507 e. The number of rotatable bonds is 5. The van der Waals surface area contributed by atoms with E-state index >= 15 is 0 Å². The molecule has 1 N–H and O–H groups in total. The van der Waals surface area contributed by atoms with Gasteiger partial charge in [-0.2, -0.15) is 0 Å². The van der Waals surface area contributed by atoms with Crippen molar-refractivity contribution in [2.24, 2.45) is 0 Å². The number of carbonyl (C=O) groups is 2. The van der Waals surface area contributed by atoms with E-state index in [1.807, 2.05) is 36.6 Å². The Kier molecular flexibility index (Phi) is 5.95. The van der Waals surface area contributed by atoms with Crippen molar-refractivity contribution in [3.8, 4) is 11.5 Å². The number of halogens is 1. The summed E-state index contributed by atoms with van der Waals surface area (Å²) in [5.41, 5.74) is 1.62. The second kappa shape index (κ2) is 8.68. The molecule has 3 aromatic rings. The Labute approximate surface area is 194 Å². The molecular weight excluding hydrogens is 450 g/mol. The van der Waals surface area contributed by atoms with Gasteiger partial charge in [0.2, 0.25) is 0 Å². The number of hydrogen-bond donors (Lipinski definition) is 1. The van der Waals surface area contributed by atoms with E-state index in [2.05, 4.69) is 0 Å². The standard InChI is InChI=1S/C24H20ClNO5S/c1-13-7-4-5-8-16(13)26-21(19-9-6-10-32-19)20(23(28)24(26)29)22(27)14-11-18(31-3)15(25)12-17(14)30-2/h4-12,21,27H,1-3H3/b22-20+. The van der Waals surface area contributed by atoms with Crippen LogP contribution in [0.1, 0.15) is 22.0 Å². The van der Waals surface area contributed by atoms with Gasteiger partial charge in [0.05, 0.1) is 30.4 Å². The summed E-state index contributed by atoms with van der Waals surface area (Å²) >= 11 is 7.59. The summed E-state index contributed by atoms with van der Waals surface area (Å²) in [4.78, 5) is 28.6. The van der Waals surface area contributed by atoms with Crippen molar-refractivity contribution >= 4 is 46.1 Å². The molecule has 0 aliphatic carbocycles. The van der Waals surface area contributed by atoms with Crippen LogP contribution in [-0.4, -0.2) is 31.0 Å². The van der Waals surface area contributed by atoms with Gasteiger partial charge < -0.3 is 14.6 Å². The van der Waals surface area contributed by atoms with Crippen molar-refractivity contribution in [2.75, 3.05) is 19.1 Å². The molecule has 0 spiro atoms. The van der Waals surface area contributed by atoms with Crippen molar-refractivity contribution in [3.63, 3.8) is 0 Å². The number of aryl methyl sites for hydroxylation is 1. The van der Waals surface area contributed by atoms with E-state index in [-0.39, 0.29) is 27.7 Å². The zero-order valence-electron chi connectivity index (χ0n) is 17.6. The SMILES string of the molecule is COc1cc(/C(O)=C2\C(=O)C(=O)N(c3ccccc3C)C2c2cccs2)c(OC)cc1Cl. The van der Waals surface area contributed by atoms with Gasteiger partial charge in [0.1, 0.15) is 23.3 Å². The molecular formula is C24H20ClNO5S. The normalized spacial score (nSPS) is 17.6. The monoisotopic (exact) mass is 469 g/mol. The number of benzene rings is 2. The van der Waals surface area contributed by atoms with E-state index in [0.29, 0.717) is 11.4 Å². The third kappa shape index (κ3) is 3.53. The molecule has 164 valence electrons. The van der Waals surface area contributed by atoms with E-state index in [0.717, 1.165) is 10.4 Å². The molecule has 1 unspecified atom stereocenters. The van der Waals surface area contributed by atoms with Crippen LogP contribution in [-0.2, 0) is 9.59 Å². The Morgan fingerprint density at radius 2 is 1.78 bits per heavy atom.